The minimum atomic E-state index is 0.159. The number of para-hydroxylation sites is 1. The molecule has 2 heterocycles. The molecule has 1 aliphatic rings. The molecule has 3 aromatic rings. The molecule has 1 fully saturated rings. The number of phenolic OH excluding ortho intramolecular Hbond substituents is 1. The third kappa shape index (κ3) is 5.31. The number of likely N-dealkylation sites (tertiary alicyclic amines) is 1. The number of nitrogens with one attached hydrogen (secondary N) is 2. The standard InChI is InChI=1S/C23H25N5OS/c29-21-8-4-7-18-9-10-20(25-22(18)21)15-24-27-23(30)26-19-11-13-28(14-12-19)16-17-5-2-1-3-6-17/h1-10,15,19,29H,11-14,16H2,(H2,26,27,30)/b24-15+. The molecule has 0 unspecified atom stereocenters. The Morgan fingerprint density at radius 3 is 2.70 bits per heavy atom. The topological polar surface area (TPSA) is 72.8 Å². The van der Waals surface area contributed by atoms with Crippen molar-refractivity contribution in [1.82, 2.24) is 20.6 Å². The molecule has 0 spiro atoms. The molecule has 0 bridgehead atoms. The van der Waals surface area contributed by atoms with Crippen LogP contribution in [0.1, 0.15) is 24.1 Å². The maximum absolute atomic E-state index is 9.94. The van der Waals surface area contributed by atoms with E-state index < -0.39 is 0 Å². The number of nitrogens with zero attached hydrogens (tertiary/aromatic N) is 3. The minimum Gasteiger partial charge on any atom is -0.506 e. The largest absolute Gasteiger partial charge is 0.506 e. The quantitative estimate of drug-likeness (QED) is 0.334. The van der Waals surface area contributed by atoms with E-state index in [1.165, 1.54) is 5.56 Å². The van der Waals surface area contributed by atoms with Gasteiger partial charge in [0.25, 0.3) is 0 Å². The summed E-state index contributed by atoms with van der Waals surface area (Å²) in [6, 6.07) is 20.0. The molecule has 0 atom stereocenters. The number of hydrogen-bond acceptors (Lipinski definition) is 5. The predicted octanol–water partition coefficient (Wildman–Crippen LogP) is 3.40. The number of pyridine rings is 1. The summed E-state index contributed by atoms with van der Waals surface area (Å²) in [5, 5.41) is 18.9. The van der Waals surface area contributed by atoms with Gasteiger partial charge in [0, 0.05) is 31.1 Å². The zero-order valence-corrected chi connectivity index (χ0v) is 17.5. The van der Waals surface area contributed by atoms with E-state index in [0.717, 1.165) is 37.9 Å². The molecule has 3 N–H and O–H groups in total. The molecule has 0 aliphatic carbocycles. The number of rotatable bonds is 5. The maximum atomic E-state index is 9.94. The van der Waals surface area contributed by atoms with Gasteiger partial charge in [-0.05, 0) is 42.8 Å². The van der Waals surface area contributed by atoms with Crippen molar-refractivity contribution in [1.29, 1.82) is 0 Å². The molecule has 4 rings (SSSR count). The van der Waals surface area contributed by atoms with E-state index in [1.54, 1.807) is 18.3 Å². The fourth-order valence-corrected chi connectivity index (χ4v) is 3.89. The molecule has 154 valence electrons. The van der Waals surface area contributed by atoms with Crippen LogP contribution >= 0.6 is 12.2 Å². The Morgan fingerprint density at radius 2 is 1.90 bits per heavy atom. The molecular weight excluding hydrogens is 394 g/mol. The number of phenols is 1. The summed E-state index contributed by atoms with van der Waals surface area (Å²) < 4.78 is 0. The molecular formula is C23H25N5OS. The smallest absolute Gasteiger partial charge is 0.187 e. The van der Waals surface area contributed by atoms with Gasteiger partial charge in [-0.2, -0.15) is 5.10 Å². The summed E-state index contributed by atoms with van der Waals surface area (Å²) >= 11 is 5.37. The molecule has 0 saturated carbocycles. The summed E-state index contributed by atoms with van der Waals surface area (Å²) in [7, 11) is 0. The first kappa shape index (κ1) is 20.3. The molecule has 0 radical (unpaired) electrons. The van der Waals surface area contributed by atoms with Crippen molar-refractivity contribution < 1.29 is 5.11 Å². The molecule has 6 nitrogen and oxygen atoms in total. The lowest BCUT2D eigenvalue weighted by Gasteiger charge is -2.32. The van der Waals surface area contributed by atoms with Gasteiger partial charge in [0.05, 0.1) is 11.9 Å². The van der Waals surface area contributed by atoms with E-state index in [0.29, 0.717) is 22.4 Å². The third-order valence-electron chi connectivity index (χ3n) is 5.26. The predicted molar refractivity (Wildman–Crippen MR) is 125 cm³/mol. The van der Waals surface area contributed by atoms with Crippen LogP contribution in [0.2, 0.25) is 0 Å². The third-order valence-corrected chi connectivity index (χ3v) is 5.46. The highest BCUT2D eigenvalue weighted by Crippen LogP contribution is 2.21. The van der Waals surface area contributed by atoms with Crippen molar-refractivity contribution in [3.63, 3.8) is 0 Å². The molecule has 30 heavy (non-hydrogen) atoms. The lowest BCUT2D eigenvalue weighted by molar-refractivity contribution is 0.199. The van der Waals surface area contributed by atoms with Crippen molar-refractivity contribution in [3.8, 4) is 5.75 Å². The Balaban J connectivity index is 1.23. The highest BCUT2D eigenvalue weighted by Gasteiger charge is 2.19. The number of benzene rings is 2. The zero-order chi connectivity index (χ0) is 20.8. The number of thiocarbonyl (C=S) groups is 1. The van der Waals surface area contributed by atoms with E-state index in [2.05, 4.69) is 56.1 Å². The average molecular weight is 420 g/mol. The first-order valence-electron chi connectivity index (χ1n) is 10.1. The number of hydrogen-bond donors (Lipinski definition) is 3. The second-order valence-corrected chi connectivity index (χ2v) is 7.87. The number of aromatic hydroxyl groups is 1. The molecule has 1 saturated heterocycles. The Morgan fingerprint density at radius 1 is 1.10 bits per heavy atom. The summed E-state index contributed by atoms with van der Waals surface area (Å²) in [4.78, 5) is 6.90. The molecule has 2 aromatic carbocycles. The Hall–Kier alpha value is -3.03. The van der Waals surface area contributed by atoms with E-state index in [9.17, 15) is 5.11 Å². The maximum Gasteiger partial charge on any atom is 0.187 e. The summed E-state index contributed by atoms with van der Waals surface area (Å²) in [5.74, 6) is 0.159. The SMILES string of the molecule is Oc1cccc2ccc(/C=N/NC(=S)NC3CCN(Cc4ccccc4)CC3)nc12. The zero-order valence-electron chi connectivity index (χ0n) is 16.7. The van der Waals surface area contributed by atoms with Gasteiger partial charge in [0.2, 0.25) is 0 Å². The lowest BCUT2D eigenvalue weighted by Crippen LogP contribution is -2.46. The fraction of sp³-hybridized carbons (Fsp3) is 0.261. The van der Waals surface area contributed by atoms with E-state index in [4.69, 9.17) is 12.2 Å². The molecule has 7 heteroatoms. The summed E-state index contributed by atoms with van der Waals surface area (Å²) in [6.45, 7) is 3.08. The number of fused-ring (bicyclic) bond motifs is 1. The second kappa shape index (κ2) is 9.65. The van der Waals surface area contributed by atoms with Crippen molar-refractivity contribution in [2.24, 2.45) is 5.10 Å². The summed E-state index contributed by atoms with van der Waals surface area (Å²) in [6.07, 6.45) is 3.69. The van der Waals surface area contributed by atoms with Crippen LogP contribution in [0.15, 0.2) is 65.8 Å². The van der Waals surface area contributed by atoms with Crippen LogP contribution in [-0.2, 0) is 6.54 Å². The summed E-state index contributed by atoms with van der Waals surface area (Å²) in [5.41, 5.74) is 5.43. The van der Waals surface area contributed by atoms with Crippen molar-refractivity contribution in [3.05, 3.63) is 71.9 Å². The highest BCUT2D eigenvalue weighted by molar-refractivity contribution is 7.80. The van der Waals surface area contributed by atoms with Crippen molar-refractivity contribution >= 4 is 34.4 Å². The van der Waals surface area contributed by atoms with Crippen molar-refractivity contribution in [2.45, 2.75) is 25.4 Å². The van der Waals surface area contributed by atoms with Crippen LogP contribution in [-0.4, -0.2) is 45.4 Å². The first-order chi connectivity index (χ1) is 14.7. The first-order valence-corrected chi connectivity index (χ1v) is 10.5. The van der Waals surface area contributed by atoms with Crippen LogP contribution in [0.25, 0.3) is 10.9 Å². The lowest BCUT2D eigenvalue weighted by atomic mass is 10.0. The van der Waals surface area contributed by atoms with Gasteiger partial charge < -0.3 is 10.4 Å². The van der Waals surface area contributed by atoms with Crippen LogP contribution in [0.3, 0.4) is 0 Å². The van der Waals surface area contributed by atoms with Gasteiger partial charge in [-0.25, -0.2) is 4.98 Å². The Kier molecular flexibility index (Phi) is 6.51. The minimum absolute atomic E-state index is 0.159. The van der Waals surface area contributed by atoms with E-state index >= 15 is 0 Å². The van der Waals surface area contributed by atoms with Crippen LogP contribution in [0.5, 0.6) is 5.75 Å². The van der Waals surface area contributed by atoms with Gasteiger partial charge in [0.15, 0.2) is 5.11 Å². The van der Waals surface area contributed by atoms with Crippen molar-refractivity contribution in [2.75, 3.05) is 13.1 Å². The Labute approximate surface area is 181 Å². The van der Waals surface area contributed by atoms with Gasteiger partial charge >= 0.3 is 0 Å². The Bertz CT molecular complexity index is 1030. The van der Waals surface area contributed by atoms with Gasteiger partial charge in [-0.3, -0.25) is 10.3 Å². The normalized spacial score (nSPS) is 15.5. The number of aromatic nitrogens is 1. The molecule has 0 amide bonds. The monoisotopic (exact) mass is 419 g/mol. The molecule has 1 aromatic heterocycles. The fourth-order valence-electron chi connectivity index (χ4n) is 3.67. The number of hydrazone groups is 1. The van der Waals surface area contributed by atoms with Crippen LogP contribution in [0, 0.1) is 0 Å². The van der Waals surface area contributed by atoms with E-state index in [1.807, 2.05) is 18.2 Å². The van der Waals surface area contributed by atoms with Crippen LogP contribution in [0.4, 0.5) is 0 Å². The van der Waals surface area contributed by atoms with Gasteiger partial charge in [-0.1, -0.05) is 48.5 Å². The second-order valence-electron chi connectivity index (χ2n) is 7.46. The molecule has 1 aliphatic heterocycles. The highest BCUT2D eigenvalue weighted by atomic mass is 32.1. The van der Waals surface area contributed by atoms with Crippen LogP contribution < -0.4 is 10.7 Å². The van der Waals surface area contributed by atoms with E-state index in [-0.39, 0.29) is 5.75 Å². The van der Waals surface area contributed by atoms with Gasteiger partial charge in [0.1, 0.15) is 11.3 Å². The number of piperidine rings is 1. The van der Waals surface area contributed by atoms with Gasteiger partial charge in [-0.15, -0.1) is 0 Å². The average Bonchev–Trinajstić information content (AvgIpc) is 2.76.